The molecule has 0 fully saturated rings. The Morgan fingerprint density at radius 3 is 0.861 bits per heavy atom. The molecule has 0 spiro atoms. The summed E-state index contributed by atoms with van der Waals surface area (Å²) < 4.78 is 12.9. The fraction of sp³-hybridized carbons (Fsp3) is 1.00. The highest BCUT2D eigenvalue weighted by atomic mass is 28.4. The van der Waals surface area contributed by atoms with E-state index in [9.17, 15) is 10.2 Å². The molecule has 0 aromatic rings. The number of aliphatic hydroxyl groups is 2. The van der Waals surface area contributed by atoms with E-state index in [1.807, 2.05) is 0 Å². The van der Waals surface area contributed by atoms with Gasteiger partial charge in [-0.25, -0.2) is 0 Å². The summed E-state index contributed by atoms with van der Waals surface area (Å²) in [5.74, 6) is 1.50. The molecule has 2 N–H and O–H groups in total. The summed E-state index contributed by atoms with van der Waals surface area (Å²) in [7, 11) is -3.49. The van der Waals surface area contributed by atoms with Crippen LogP contribution in [0.15, 0.2) is 0 Å². The van der Waals surface area contributed by atoms with Crippen molar-refractivity contribution in [1.29, 1.82) is 0 Å². The van der Waals surface area contributed by atoms with Gasteiger partial charge in [0.25, 0.3) is 0 Å². The normalized spacial score (nSPS) is 17.3. The molecular weight excluding hydrogens is 480 g/mol. The zero-order valence-corrected chi connectivity index (χ0v) is 29.7. The number of aliphatic hydroxyl groups excluding tert-OH is 2. The first-order valence-corrected chi connectivity index (χ1v) is 20.3. The Morgan fingerprint density at radius 1 is 0.500 bits per heavy atom. The van der Waals surface area contributed by atoms with E-state index in [1.165, 1.54) is 0 Å². The first-order chi connectivity index (χ1) is 15.8. The molecule has 0 aromatic carbocycles. The lowest BCUT2D eigenvalue weighted by atomic mass is 9.95. The van der Waals surface area contributed by atoms with Crippen LogP contribution in [0.5, 0.6) is 0 Å². The lowest BCUT2D eigenvalue weighted by Crippen LogP contribution is -2.46. The standard InChI is InChI=1S/2C15H34O2Si/c2*1-11(2)13(16)10-14(12(3)4)17-18(8,9)15(5,6)7/h2*11-14,16H,10H2,1-9H3/t2*13-,14?/m11/s1. The summed E-state index contributed by atoms with van der Waals surface area (Å²) in [5, 5.41) is 20.6. The average molecular weight is 549 g/mol. The topological polar surface area (TPSA) is 58.9 Å². The molecule has 0 saturated carbocycles. The summed E-state index contributed by atoms with van der Waals surface area (Å²) in [4.78, 5) is 0. The van der Waals surface area contributed by atoms with Crippen molar-refractivity contribution >= 4 is 16.6 Å². The van der Waals surface area contributed by atoms with Gasteiger partial charge in [-0.3, -0.25) is 0 Å². The zero-order chi connectivity index (χ0) is 29.4. The highest BCUT2D eigenvalue weighted by molar-refractivity contribution is 6.74. The molecule has 0 aliphatic carbocycles. The molecule has 4 nitrogen and oxygen atoms in total. The van der Waals surface area contributed by atoms with E-state index in [1.54, 1.807) is 0 Å². The second-order valence-corrected chi connectivity index (χ2v) is 24.9. The lowest BCUT2D eigenvalue weighted by Gasteiger charge is -2.41. The van der Waals surface area contributed by atoms with Crippen LogP contribution in [0.25, 0.3) is 0 Å². The van der Waals surface area contributed by atoms with E-state index in [0.717, 1.165) is 12.8 Å². The van der Waals surface area contributed by atoms with Crippen LogP contribution in [0.2, 0.25) is 36.3 Å². The van der Waals surface area contributed by atoms with E-state index in [4.69, 9.17) is 8.85 Å². The van der Waals surface area contributed by atoms with Crippen LogP contribution < -0.4 is 0 Å². The maximum atomic E-state index is 10.1. The van der Waals surface area contributed by atoms with Gasteiger partial charge in [-0.15, -0.1) is 0 Å². The molecule has 4 atom stereocenters. The SMILES string of the molecule is CC(C)C(C[C@@H](O)C(C)C)O[Si](C)(C)C(C)(C)C.CC(C)C(C[C@@H](O)C(C)C)O[Si](C)(C)C(C)(C)C. The molecule has 0 aromatic heterocycles. The second-order valence-electron chi connectivity index (χ2n) is 15.4. The van der Waals surface area contributed by atoms with Crippen molar-refractivity contribution in [3.05, 3.63) is 0 Å². The van der Waals surface area contributed by atoms with Gasteiger partial charge in [0.1, 0.15) is 0 Å². The van der Waals surface area contributed by atoms with Crippen LogP contribution in [0.4, 0.5) is 0 Å². The minimum Gasteiger partial charge on any atom is -0.414 e. The molecule has 0 heterocycles. The highest BCUT2D eigenvalue weighted by Crippen LogP contribution is 2.40. The third kappa shape index (κ3) is 13.9. The minimum absolute atomic E-state index is 0.170. The fourth-order valence-electron chi connectivity index (χ4n) is 3.04. The summed E-state index contributed by atoms with van der Waals surface area (Å²) in [6.07, 6.45) is 1.32. The Labute approximate surface area is 229 Å². The summed E-state index contributed by atoms with van der Waals surface area (Å²) in [5.41, 5.74) is 0. The van der Waals surface area contributed by atoms with E-state index in [0.29, 0.717) is 23.7 Å². The monoisotopic (exact) mass is 548 g/mol. The molecule has 0 aliphatic rings. The molecule has 0 saturated heterocycles. The van der Waals surface area contributed by atoms with E-state index >= 15 is 0 Å². The van der Waals surface area contributed by atoms with Gasteiger partial charge in [-0.1, -0.05) is 96.9 Å². The van der Waals surface area contributed by atoms with E-state index < -0.39 is 16.6 Å². The molecular formula is C30H68O4Si2. The van der Waals surface area contributed by atoms with Crippen molar-refractivity contribution in [2.75, 3.05) is 0 Å². The molecule has 2 unspecified atom stereocenters. The Morgan fingerprint density at radius 2 is 0.722 bits per heavy atom. The van der Waals surface area contributed by atoms with Crippen LogP contribution in [0, 0.1) is 23.7 Å². The molecule has 0 rings (SSSR count). The Bertz CT molecular complexity index is 535. The van der Waals surface area contributed by atoms with E-state index in [-0.39, 0.29) is 34.5 Å². The van der Waals surface area contributed by atoms with Crippen molar-refractivity contribution in [2.45, 2.75) is 170 Å². The fourth-order valence-corrected chi connectivity index (χ4v) is 6.00. The number of hydrogen-bond donors (Lipinski definition) is 2. The van der Waals surface area contributed by atoms with Crippen LogP contribution >= 0.6 is 0 Å². The van der Waals surface area contributed by atoms with Gasteiger partial charge in [-0.05, 0) is 72.8 Å². The van der Waals surface area contributed by atoms with Crippen LogP contribution in [0.1, 0.15) is 110 Å². The predicted octanol–water partition coefficient (Wildman–Crippen LogP) is 8.88. The summed E-state index contributed by atoms with van der Waals surface area (Å²) in [6.45, 7) is 39.7. The van der Waals surface area contributed by atoms with Gasteiger partial charge in [0, 0.05) is 12.2 Å². The first kappa shape index (κ1) is 38.4. The first-order valence-electron chi connectivity index (χ1n) is 14.5. The summed E-state index contributed by atoms with van der Waals surface area (Å²) in [6, 6.07) is 0. The highest BCUT2D eigenvalue weighted by Gasteiger charge is 2.41. The Balaban J connectivity index is 0. The molecule has 0 radical (unpaired) electrons. The quantitative estimate of drug-likeness (QED) is 0.239. The van der Waals surface area contributed by atoms with Gasteiger partial charge < -0.3 is 19.1 Å². The van der Waals surface area contributed by atoms with Crippen LogP contribution in [-0.4, -0.2) is 51.3 Å². The lowest BCUT2D eigenvalue weighted by molar-refractivity contribution is 0.0383. The predicted molar refractivity (Wildman–Crippen MR) is 165 cm³/mol. The third-order valence-electron chi connectivity index (χ3n) is 8.48. The van der Waals surface area contributed by atoms with Crippen molar-refractivity contribution in [2.24, 2.45) is 23.7 Å². The maximum Gasteiger partial charge on any atom is 0.192 e. The summed E-state index contributed by atoms with van der Waals surface area (Å²) >= 11 is 0. The minimum atomic E-state index is -1.74. The molecule has 0 amide bonds. The van der Waals surface area contributed by atoms with Gasteiger partial charge >= 0.3 is 0 Å². The van der Waals surface area contributed by atoms with Crippen LogP contribution in [-0.2, 0) is 8.85 Å². The van der Waals surface area contributed by atoms with Gasteiger partial charge in [0.05, 0.1) is 12.2 Å². The molecule has 0 aliphatic heterocycles. The smallest absolute Gasteiger partial charge is 0.192 e. The Hall–Kier alpha value is 0.274. The van der Waals surface area contributed by atoms with Gasteiger partial charge in [0.2, 0.25) is 0 Å². The van der Waals surface area contributed by atoms with Crippen molar-refractivity contribution in [3.8, 4) is 0 Å². The Kier molecular flexibility index (Phi) is 16.2. The molecule has 6 heteroatoms. The average Bonchev–Trinajstić information content (AvgIpc) is 2.64. The second kappa shape index (κ2) is 15.2. The van der Waals surface area contributed by atoms with Crippen LogP contribution in [0.3, 0.4) is 0 Å². The van der Waals surface area contributed by atoms with Crippen molar-refractivity contribution in [3.63, 3.8) is 0 Å². The van der Waals surface area contributed by atoms with Crippen molar-refractivity contribution < 1.29 is 19.1 Å². The van der Waals surface area contributed by atoms with Crippen molar-refractivity contribution in [1.82, 2.24) is 0 Å². The maximum absolute atomic E-state index is 10.1. The zero-order valence-electron chi connectivity index (χ0n) is 27.7. The van der Waals surface area contributed by atoms with Gasteiger partial charge in [0.15, 0.2) is 16.6 Å². The number of rotatable bonds is 12. The largest absolute Gasteiger partial charge is 0.414 e. The molecule has 220 valence electrons. The van der Waals surface area contributed by atoms with Gasteiger partial charge in [-0.2, -0.15) is 0 Å². The number of hydrogen-bond acceptors (Lipinski definition) is 4. The third-order valence-corrected chi connectivity index (χ3v) is 17.5. The van der Waals surface area contributed by atoms with E-state index in [2.05, 4.69) is 123 Å². The molecule has 0 bridgehead atoms. The molecule has 36 heavy (non-hydrogen) atoms.